The SMILES string of the molecule is CC.CC.CCOC(=O)c1cc(=O)c2ccc(O)c(C)c2o1. The molecule has 22 heavy (non-hydrogen) atoms. The van der Waals surface area contributed by atoms with Gasteiger partial charge in [0, 0.05) is 11.6 Å². The van der Waals surface area contributed by atoms with Gasteiger partial charge in [-0.15, -0.1) is 0 Å². The Morgan fingerprint density at radius 1 is 1.23 bits per heavy atom. The molecule has 122 valence electrons. The molecule has 0 aliphatic rings. The summed E-state index contributed by atoms with van der Waals surface area (Å²) in [7, 11) is 0. The Hall–Kier alpha value is -2.30. The van der Waals surface area contributed by atoms with Gasteiger partial charge < -0.3 is 14.3 Å². The van der Waals surface area contributed by atoms with Crippen molar-refractivity contribution in [3.05, 3.63) is 39.7 Å². The van der Waals surface area contributed by atoms with Crippen LogP contribution in [0.25, 0.3) is 11.0 Å². The van der Waals surface area contributed by atoms with E-state index in [4.69, 9.17) is 9.15 Å². The average molecular weight is 308 g/mol. The molecule has 1 N–H and O–H groups in total. The van der Waals surface area contributed by atoms with Gasteiger partial charge >= 0.3 is 5.97 Å². The van der Waals surface area contributed by atoms with Crippen molar-refractivity contribution < 1.29 is 19.1 Å². The second kappa shape index (κ2) is 9.60. The van der Waals surface area contributed by atoms with Crippen LogP contribution in [0.4, 0.5) is 0 Å². The van der Waals surface area contributed by atoms with Crippen molar-refractivity contribution >= 4 is 16.9 Å². The Kier molecular flexibility index (Phi) is 8.60. The van der Waals surface area contributed by atoms with Gasteiger partial charge in [0.1, 0.15) is 11.3 Å². The van der Waals surface area contributed by atoms with Crippen LogP contribution >= 0.6 is 0 Å². The topological polar surface area (TPSA) is 76.7 Å². The quantitative estimate of drug-likeness (QED) is 0.847. The summed E-state index contributed by atoms with van der Waals surface area (Å²) in [6.07, 6.45) is 0. The van der Waals surface area contributed by atoms with Crippen LogP contribution in [-0.2, 0) is 4.74 Å². The van der Waals surface area contributed by atoms with Gasteiger partial charge in [0.15, 0.2) is 5.43 Å². The minimum absolute atomic E-state index is 0.00617. The lowest BCUT2D eigenvalue weighted by Crippen LogP contribution is -2.10. The van der Waals surface area contributed by atoms with E-state index in [0.717, 1.165) is 6.07 Å². The molecular weight excluding hydrogens is 284 g/mol. The van der Waals surface area contributed by atoms with Gasteiger partial charge in [-0.25, -0.2) is 4.79 Å². The molecule has 0 atom stereocenters. The van der Waals surface area contributed by atoms with Gasteiger partial charge in [-0.1, -0.05) is 27.7 Å². The molecule has 0 aliphatic carbocycles. The van der Waals surface area contributed by atoms with E-state index < -0.39 is 5.97 Å². The van der Waals surface area contributed by atoms with E-state index in [0.29, 0.717) is 10.9 Å². The summed E-state index contributed by atoms with van der Waals surface area (Å²) in [5.74, 6) is -0.853. The normalized spacial score (nSPS) is 9.18. The Morgan fingerprint density at radius 2 is 1.82 bits per heavy atom. The van der Waals surface area contributed by atoms with Crippen molar-refractivity contribution in [1.29, 1.82) is 0 Å². The molecule has 0 spiro atoms. The van der Waals surface area contributed by atoms with Gasteiger partial charge in [-0.05, 0) is 26.0 Å². The fraction of sp³-hybridized carbons (Fsp3) is 0.412. The molecule has 0 amide bonds. The zero-order valence-corrected chi connectivity index (χ0v) is 14.0. The summed E-state index contributed by atoms with van der Waals surface area (Å²) in [6.45, 7) is 11.5. The monoisotopic (exact) mass is 308 g/mol. The molecular formula is C17H24O5. The Morgan fingerprint density at radius 3 is 2.36 bits per heavy atom. The first-order valence-electron chi connectivity index (χ1n) is 7.48. The number of benzene rings is 1. The zero-order chi connectivity index (χ0) is 17.3. The molecule has 0 fully saturated rings. The standard InChI is InChI=1S/C13H12O5.2C2H6/c1-3-17-13(16)11-6-10(15)8-4-5-9(14)7(2)12(8)18-11;2*1-2/h4-6,14H,3H2,1-2H3;2*1-2H3. The van der Waals surface area contributed by atoms with Gasteiger partial charge in [0.25, 0.3) is 0 Å². The molecule has 5 heteroatoms. The number of aryl methyl sites for hydroxylation is 1. The summed E-state index contributed by atoms with van der Waals surface area (Å²) in [4.78, 5) is 23.3. The third kappa shape index (κ3) is 4.35. The first-order valence-corrected chi connectivity index (χ1v) is 7.48. The number of fused-ring (bicyclic) bond motifs is 1. The summed E-state index contributed by atoms with van der Waals surface area (Å²) < 4.78 is 10.1. The lowest BCUT2D eigenvalue weighted by molar-refractivity contribution is 0.0490. The maximum Gasteiger partial charge on any atom is 0.374 e. The first kappa shape index (κ1) is 19.7. The second-order valence-electron chi connectivity index (χ2n) is 3.78. The Labute approximate surface area is 130 Å². The van der Waals surface area contributed by atoms with Crippen LogP contribution in [0, 0.1) is 6.92 Å². The molecule has 1 aromatic heterocycles. The number of phenolic OH excluding ortho intramolecular Hbond substituents is 1. The summed E-state index contributed by atoms with van der Waals surface area (Å²) in [5.41, 5.74) is 0.267. The highest BCUT2D eigenvalue weighted by atomic mass is 16.5. The van der Waals surface area contributed by atoms with E-state index in [2.05, 4.69) is 0 Å². The second-order valence-corrected chi connectivity index (χ2v) is 3.78. The number of carbonyl (C=O) groups excluding carboxylic acids is 1. The number of hydrogen-bond donors (Lipinski definition) is 1. The van der Waals surface area contributed by atoms with Gasteiger partial charge in [-0.2, -0.15) is 0 Å². The van der Waals surface area contributed by atoms with Crippen LogP contribution in [0.5, 0.6) is 5.75 Å². The molecule has 0 aliphatic heterocycles. The molecule has 1 heterocycles. The van der Waals surface area contributed by atoms with Crippen LogP contribution in [0.15, 0.2) is 27.4 Å². The molecule has 0 unspecified atom stereocenters. The molecule has 0 radical (unpaired) electrons. The van der Waals surface area contributed by atoms with E-state index in [1.807, 2.05) is 27.7 Å². The molecule has 0 saturated carbocycles. The third-order valence-electron chi connectivity index (χ3n) is 2.59. The van der Waals surface area contributed by atoms with Crippen LogP contribution in [-0.4, -0.2) is 17.7 Å². The third-order valence-corrected chi connectivity index (χ3v) is 2.59. The number of aromatic hydroxyl groups is 1. The molecule has 5 nitrogen and oxygen atoms in total. The molecule has 1 aromatic carbocycles. The first-order chi connectivity index (χ1) is 10.5. The lowest BCUT2D eigenvalue weighted by Gasteiger charge is -2.05. The number of esters is 1. The molecule has 0 bridgehead atoms. The molecule has 2 rings (SSSR count). The van der Waals surface area contributed by atoms with E-state index in [-0.39, 0.29) is 29.1 Å². The van der Waals surface area contributed by atoms with Crippen LogP contribution in [0.1, 0.15) is 50.7 Å². The van der Waals surface area contributed by atoms with Gasteiger partial charge in [0.2, 0.25) is 5.76 Å². The minimum atomic E-state index is -0.695. The number of hydrogen-bond acceptors (Lipinski definition) is 5. The number of carbonyl (C=O) groups is 1. The van der Waals surface area contributed by atoms with Crippen molar-refractivity contribution in [2.75, 3.05) is 6.61 Å². The van der Waals surface area contributed by atoms with Crippen LogP contribution in [0.2, 0.25) is 0 Å². The maximum atomic E-state index is 11.8. The molecule has 2 aromatic rings. The van der Waals surface area contributed by atoms with Crippen molar-refractivity contribution in [2.45, 2.75) is 41.5 Å². The largest absolute Gasteiger partial charge is 0.508 e. The van der Waals surface area contributed by atoms with Gasteiger partial charge in [-0.3, -0.25) is 4.79 Å². The lowest BCUT2D eigenvalue weighted by atomic mass is 10.1. The highest BCUT2D eigenvalue weighted by Gasteiger charge is 2.15. The average Bonchev–Trinajstić information content (AvgIpc) is 2.55. The van der Waals surface area contributed by atoms with Crippen molar-refractivity contribution in [1.82, 2.24) is 0 Å². The fourth-order valence-corrected chi connectivity index (χ4v) is 1.65. The Bertz CT molecular complexity index is 671. The van der Waals surface area contributed by atoms with E-state index in [9.17, 15) is 14.7 Å². The number of rotatable bonds is 2. The van der Waals surface area contributed by atoms with E-state index in [1.165, 1.54) is 12.1 Å². The minimum Gasteiger partial charge on any atom is -0.508 e. The van der Waals surface area contributed by atoms with Crippen molar-refractivity contribution in [3.63, 3.8) is 0 Å². The van der Waals surface area contributed by atoms with E-state index in [1.54, 1.807) is 13.8 Å². The number of ether oxygens (including phenoxy) is 1. The van der Waals surface area contributed by atoms with Crippen molar-refractivity contribution in [2.24, 2.45) is 0 Å². The van der Waals surface area contributed by atoms with Crippen LogP contribution in [0.3, 0.4) is 0 Å². The molecule has 0 saturated heterocycles. The summed E-state index contributed by atoms with van der Waals surface area (Å²) in [6, 6.07) is 3.97. The highest BCUT2D eigenvalue weighted by molar-refractivity contribution is 5.90. The summed E-state index contributed by atoms with van der Waals surface area (Å²) >= 11 is 0. The highest BCUT2D eigenvalue weighted by Crippen LogP contribution is 2.25. The predicted octanol–water partition coefficient (Wildman–Crippen LogP) is 4.04. The zero-order valence-electron chi connectivity index (χ0n) is 14.0. The maximum absolute atomic E-state index is 11.8. The van der Waals surface area contributed by atoms with Gasteiger partial charge in [0.05, 0.1) is 12.0 Å². The van der Waals surface area contributed by atoms with Crippen LogP contribution < -0.4 is 5.43 Å². The Balaban J connectivity index is 0.00000102. The van der Waals surface area contributed by atoms with E-state index >= 15 is 0 Å². The number of phenols is 1. The summed E-state index contributed by atoms with van der Waals surface area (Å²) in [5, 5.41) is 9.88. The smallest absolute Gasteiger partial charge is 0.374 e. The van der Waals surface area contributed by atoms with Crippen molar-refractivity contribution in [3.8, 4) is 5.75 Å². The fourth-order valence-electron chi connectivity index (χ4n) is 1.65. The predicted molar refractivity (Wildman–Crippen MR) is 87.5 cm³/mol.